The van der Waals surface area contributed by atoms with Gasteiger partial charge in [0.05, 0.1) is 0 Å². The monoisotopic (exact) mass is 271 g/mol. The van der Waals surface area contributed by atoms with Crippen LogP contribution in [0.3, 0.4) is 0 Å². The number of nitrogens with zero attached hydrogens (tertiary/aromatic N) is 1. The summed E-state index contributed by atoms with van der Waals surface area (Å²) in [6.45, 7) is 1.07. The van der Waals surface area contributed by atoms with Gasteiger partial charge in [-0.15, -0.1) is 0 Å². The second-order valence-corrected chi connectivity index (χ2v) is 5.44. The summed E-state index contributed by atoms with van der Waals surface area (Å²) in [5.41, 5.74) is 6.62. The minimum atomic E-state index is 1.07. The molecule has 1 heterocycles. The Kier molecular flexibility index (Phi) is 2.97. The predicted octanol–water partition coefficient (Wildman–Crippen LogP) is 5.05. The van der Waals surface area contributed by atoms with E-state index in [0.29, 0.717) is 0 Å². The van der Waals surface area contributed by atoms with E-state index in [0.717, 1.165) is 13.0 Å². The normalized spacial score (nSPS) is 13.2. The zero-order valence-corrected chi connectivity index (χ0v) is 11.9. The van der Waals surface area contributed by atoms with Crippen LogP contribution in [-0.4, -0.2) is 6.54 Å². The van der Waals surface area contributed by atoms with Crippen LogP contribution in [0, 0.1) is 0 Å². The molecule has 0 atom stereocenters. The molecule has 1 heteroatoms. The van der Waals surface area contributed by atoms with Crippen molar-refractivity contribution in [3.8, 4) is 11.1 Å². The highest BCUT2D eigenvalue weighted by molar-refractivity contribution is 5.72. The minimum Gasteiger partial charge on any atom is -0.341 e. The van der Waals surface area contributed by atoms with Crippen LogP contribution in [0.5, 0.6) is 0 Å². The number of para-hydroxylation sites is 1. The molecule has 0 fully saturated rings. The second kappa shape index (κ2) is 5.10. The molecule has 102 valence electrons. The molecule has 1 aliphatic heterocycles. The van der Waals surface area contributed by atoms with Gasteiger partial charge in [0.15, 0.2) is 0 Å². The molecule has 1 aliphatic rings. The van der Waals surface area contributed by atoms with Crippen LogP contribution < -0.4 is 4.90 Å². The SMILES string of the molecule is c1ccc(-c2ccc(N3CCc4ccccc43)cc2)cc1. The number of benzene rings is 3. The largest absolute Gasteiger partial charge is 0.341 e. The van der Waals surface area contributed by atoms with Gasteiger partial charge in [-0.2, -0.15) is 0 Å². The Morgan fingerprint density at radius 1 is 0.619 bits per heavy atom. The van der Waals surface area contributed by atoms with E-state index in [1.54, 1.807) is 0 Å². The van der Waals surface area contributed by atoms with Crippen LogP contribution in [0.25, 0.3) is 11.1 Å². The van der Waals surface area contributed by atoms with Gasteiger partial charge in [-0.3, -0.25) is 0 Å². The summed E-state index contributed by atoms with van der Waals surface area (Å²) in [5.74, 6) is 0. The van der Waals surface area contributed by atoms with Crippen molar-refractivity contribution in [3.63, 3.8) is 0 Å². The summed E-state index contributed by atoms with van der Waals surface area (Å²) in [6, 6.07) is 28.1. The van der Waals surface area contributed by atoms with Gasteiger partial charge in [0.25, 0.3) is 0 Å². The molecule has 1 nitrogen and oxygen atoms in total. The zero-order valence-electron chi connectivity index (χ0n) is 11.9. The van der Waals surface area contributed by atoms with Gasteiger partial charge in [-0.05, 0) is 41.3 Å². The molecular weight excluding hydrogens is 254 g/mol. The maximum atomic E-state index is 2.41. The first-order valence-electron chi connectivity index (χ1n) is 7.43. The standard InChI is InChI=1S/C20H17N/c1-2-6-16(7-3-1)17-10-12-19(13-11-17)21-15-14-18-8-4-5-9-20(18)21/h1-13H,14-15H2. The van der Waals surface area contributed by atoms with Crippen LogP contribution in [0.2, 0.25) is 0 Å². The van der Waals surface area contributed by atoms with E-state index in [4.69, 9.17) is 0 Å². The highest BCUT2D eigenvalue weighted by Crippen LogP contribution is 2.35. The fraction of sp³-hybridized carbons (Fsp3) is 0.100. The van der Waals surface area contributed by atoms with Crippen molar-refractivity contribution in [1.29, 1.82) is 0 Å². The minimum absolute atomic E-state index is 1.07. The van der Waals surface area contributed by atoms with Crippen molar-refractivity contribution in [2.75, 3.05) is 11.4 Å². The molecule has 0 aromatic heterocycles. The van der Waals surface area contributed by atoms with Crippen molar-refractivity contribution in [2.45, 2.75) is 6.42 Å². The van der Waals surface area contributed by atoms with Crippen LogP contribution >= 0.6 is 0 Å². The molecular formula is C20H17N. The average Bonchev–Trinajstić information content (AvgIpc) is 3.00. The molecule has 0 amide bonds. The third-order valence-corrected chi connectivity index (χ3v) is 4.17. The van der Waals surface area contributed by atoms with Crippen molar-refractivity contribution in [3.05, 3.63) is 84.4 Å². The molecule has 0 spiro atoms. The zero-order chi connectivity index (χ0) is 14.1. The van der Waals surface area contributed by atoms with E-state index in [9.17, 15) is 0 Å². The van der Waals surface area contributed by atoms with Crippen LogP contribution in [-0.2, 0) is 6.42 Å². The molecule has 0 N–H and O–H groups in total. The van der Waals surface area contributed by atoms with Gasteiger partial charge in [0, 0.05) is 17.9 Å². The van der Waals surface area contributed by atoms with Crippen LogP contribution in [0.15, 0.2) is 78.9 Å². The predicted molar refractivity (Wildman–Crippen MR) is 89.0 cm³/mol. The lowest BCUT2D eigenvalue weighted by Crippen LogP contribution is -2.12. The maximum absolute atomic E-state index is 2.41. The van der Waals surface area contributed by atoms with Crippen molar-refractivity contribution < 1.29 is 0 Å². The number of fused-ring (bicyclic) bond motifs is 1. The topological polar surface area (TPSA) is 3.24 Å². The Hall–Kier alpha value is -2.54. The first-order valence-corrected chi connectivity index (χ1v) is 7.43. The molecule has 3 aromatic carbocycles. The lowest BCUT2D eigenvalue weighted by Gasteiger charge is -2.19. The van der Waals surface area contributed by atoms with Crippen LogP contribution in [0.4, 0.5) is 11.4 Å². The van der Waals surface area contributed by atoms with E-state index in [2.05, 4.69) is 83.8 Å². The Bertz CT molecular complexity index is 744. The Morgan fingerprint density at radius 3 is 2.10 bits per heavy atom. The molecule has 0 saturated heterocycles. The third-order valence-electron chi connectivity index (χ3n) is 4.17. The number of hydrogen-bond donors (Lipinski definition) is 0. The Morgan fingerprint density at radius 2 is 1.29 bits per heavy atom. The van der Waals surface area contributed by atoms with E-state index < -0.39 is 0 Å². The van der Waals surface area contributed by atoms with Gasteiger partial charge < -0.3 is 4.90 Å². The maximum Gasteiger partial charge on any atom is 0.0444 e. The first-order chi connectivity index (χ1) is 10.4. The molecule has 0 unspecified atom stereocenters. The Balaban J connectivity index is 1.66. The van der Waals surface area contributed by atoms with E-state index in [1.165, 1.54) is 28.1 Å². The van der Waals surface area contributed by atoms with E-state index in [-0.39, 0.29) is 0 Å². The Labute approximate surface area is 125 Å². The van der Waals surface area contributed by atoms with Gasteiger partial charge in [-0.1, -0.05) is 60.7 Å². The molecule has 0 aliphatic carbocycles. The fourth-order valence-electron chi connectivity index (χ4n) is 3.07. The number of anilines is 2. The molecule has 3 aromatic rings. The van der Waals surface area contributed by atoms with Crippen molar-refractivity contribution in [1.82, 2.24) is 0 Å². The van der Waals surface area contributed by atoms with E-state index in [1.807, 2.05) is 0 Å². The number of rotatable bonds is 2. The summed E-state index contributed by atoms with van der Waals surface area (Å²) in [6.07, 6.45) is 1.14. The smallest absolute Gasteiger partial charge is 0.0444 e. The summed E-state index contributed by atoms with van der Waals surface area (Å²) in [7, 11) is 0. The van der Waals surface area contributed by atoms with Gasteiger partial charge in [-0.25, -0.2) is 0 Å². The van der Waals surface area contributed by atoms with Gasteiger partial charge >= 0.3 is 0 Å². The third kappa shape index (κ3) is 2.21. The number of hydrogen-bond acceptors (Lipinski definition) is 1. The quantitative estimate of drug-likeness (QED) is 0.630. The van der Waals surface area contributed by atoms with Gasteiger partial charge in [0.2, 0.25) is 0 Å². The summed E-state index contributed by atoms with van der Waals surface area (Å²) in [4.78, 5) is 2.41. The van der Waals surface area contributed by atoms with E-state index >= 15 is 0 Å². The van der Waals surface area contributed by atoms with Crippen molar-refractivity contribution >= 4 is 11.4 Å². The summed E-state index contributed by atoms with van der Waals surface area (Å²) < 4.78 is 0. The fourth-order valence-corrected chi connectivity index (χ4v) is 3.07. The second-order valence-electron chi connectivity index (χ2n) is 5.44. The lowest BCUT2D eigenvalue weighted by molar-refractivity contribution is 0.998. The van der Waals surface area contributed by atoms with Crippen LogP contribution in [0.1, 0.15) is 5.56 Å². The first kappa shape index (κ1) is 12.2. The lowest BCUT2D eigenvalue weighted by atomic mass is 10.1. The average molecular weight is 271 g/mol. The van der Waals surface area contributed by atoms with Crippen molar-refractivity contribution in [2.24, 2.45) is 0 Å². The molecule has 4 rings (SSSR count). The molecule has 0 bridgehead atoms. The summed E-state index contributed by atoms with van der Waals surface area (Å²) >= 11 is 0. The summed E-state index contributed by atoms with van der Waals surface area (Å²) in [5, 5.41) is 0. The molecule has 0 saturated carbocycles. The highest BCUT2D eigenvalue weighted by Gasteiger charge is 2.19. The molecule has 21 heavy (non-hydrogen) atoms. The van der Waals surface area contributed by atoms with Gasteiger partial charge in [0.1, 0.15) is 0 Å². The highest BCUT2D eigenvalue weighted by atomic mass is 15.2. The molecule has 0 radical (unpaired) electrons.